The van der Waals surface area contributed by atoms with Crippen LogP contribution >= 0.6 is 0 Å². The van der Waals surface area contributed by atoms with E-state index in [9.17, 15) is 4.79 Å². The lowest BCUT2D eigenvalue weighted by Gasteiger charge is -2.24. The van der Waals surface area contributed by atoms with Gasteiger partial charge in [0.15, 0.2) is 5.70 Å². The van der Waals surface area contributed by atoms with Gasteiger partial charge in [0, 0.05) is 6.04 Å². The lowest BCUT2D eigenvalue weighted by molar-refractivity contribution is -0.139. The van der Waals surface area contributed by atoms with Crippen LogP contribution in [-0.2, 0) is 9.53 Å². The van der Waals surface area contributed by atoms with Gasteiger partial charge in [-0.15, -0.1) is 0 Å². The predicted octanol–water partition coefficient (Wildman–Crippen LogP) is 0.0629. The van der Waals surface area contributed by atoms with E-state index >= 15 is 0 Å². The highest BCUT2D eigenvalue weighted by molar-refractivity contribution is 5.88. The van der Waals surface area contributed by atoms with Gasteiger partial charge in [0.05, 0.1) is 6.61 Å². The number of rotatable bonds is 5. The fourth-order valence-corrected chi connectivity index (χ4v) is 1.99. The molecule has 0 saturated heterocycles. The second-order valence-corrected chi connectivity index (χ2v) is 4.13. The molecule has 0 unspecified atom stereocenters. The third-order valence-corrected chi connectivity index (χ3v) is 2.86. The Labute approximate surface area is 102 Å². The summed E-state index contributed by atoms with van der Waals surface area (Å²) in [5.41, 5.74) is 8.20. The van der Waals surface area contributed by atoms with Gasteiger partial charge in [-0.3, -0.25) is 5.84 Å². The number of ether oxygens (including phenoxy) is 1. The molecule has 0 bridgehead atoms. The molecule has 6 N–H and O–H groups in total. The first-order chi connectivity index (χ1) is 8.19. The van der Waals surface area contributed by atoms with Gasteiger partial charge in [0.25, 0.3) is 0 Å². The molecule has 98 valence electrons. The normalized spacial score (nSPS) is 18.2. The maximum Gasteiger partial charge on any atom is 0.359 e. The van der Waals surface area contributed by atoms with Crippen LogP contribution in [0.15, 0.2) is 11.5 Å². The third kappa shape index (κ3) is 4.14. The van der Waals surface area contributed by atoms with Gasteiger partial charge < -0.3 is 21.2 Å². The van der Waals surface area contributed by atoms with E-state index in [1.165, 1.54) is 19.3 Å². The van der Waals surface area contributed by atoms with Gasteiger partial charge >= 0.3 is 5.97 Å². The Morgan fingerprint density at radius 2 is 2.00 bits per heavy atom. The van der Waals surface area contributed by atoms with Crippen molar-refractivity contribution in [3.8, 4) is 0 Å². The van der Waals surface area contributed by atoms with E-state index in [1.807, 2.05) is 0 Å². The molecule has 0 radical (unpaired) electrons. The van der Waals surface area contributed by atoms with Crippen molar-refractivity contribution in [3.05, 3.63) is 11.5 Å². The lowest BCUT2D eigenvalue weighted by Crippen LogP contribution is -2.40. The Balaban J connectivity index is 2.60. The molecule has 0 heterocycles. The maximum absolute atomic E-state index is 11.5. The minimum Gasteiger partial charge on any atom is -0.461 e. The first kappa shape index (κ1) is 13.6. The van der Waals surface area contributed by atoms with Crippen molar-refractivity contribution in [3.63, 3.8) is 0 Å². The van der Waals surface area contributed by atoms with Crippen LogP contribution in [0.1, 0.15) is 39.0 Å². The largest absolute Gasteiger partial charge is 0.461 e. The van der Waals surface area contributed by atoms with Gasteiger partial charge in [-0.25, -0.2) is 4.79 Å². The standard InChI is InChI=1S/C11H22N4O2/c1-2-17-11(16)9(15-13)10(12)14-8-6-4-3-5-7-8/h8,14-15H,2-7,12-13H2,1H3/b10-9+. The molecule has 0 atom stereocenters. The van der Waals surface area contributed by atoms with E-state index < -0.39 is 5.97 Å². The molecule has 1 fully saturated rings. The molecule has 0 aliphatic heterocycles. The summed E-state index contributed by atoms with van der Waals surface area (Å²) in [6.07, 6.45) is 5.79. The summed E-state index contributed by atoms with van der Waals surface area (Å²) in [7, 11) is 0. The number of hydrogen-bond donors (Lipinski definition) is 4. The first-order valence-electron chi connectivity index (χ1n) is 6.09. The van der Waals surface area contributed by atoms with Crippen molar-refractivity contribution in [2.45, 2.75) is 45.1 Å². The van der Waals surface area contributed by atoms with Crippen LogP contribution in [-0.4, -0.2) is 18.6 Å². The number of hydrazine groups is 1. The van der Waals surface area contributed by atoms with Crippen molar-refractivity contribution in [2.75, 3.05) is 6.61 Å². The SMILES string of the molecule is CCOC(=O)/C(NN)=C(/N)NC1CCCCC1. The minimum atomic E-state index is -0.532. The molecule has 0 amide bonds. The molecule has 1 rings (SSSR count). The van der Waals surface area contributed by atoms with Crippen LogP contribution in [0.25, 0.3) is 0 Å². The quantitative estimate of drug-likeness (QED) is 0.235. The van der Waals surface area contributed by atoms with Crippen molar-refractivity contribution in [1.82, 2.24) is 10.7 Å². The smallest absolute Gasteiger partial charge is 0.359 e. The summed E-state index contributed by atoms with van der Waals surface area (Å²) in [6.45, 7) is 2.03. The summed E-state index contributed by atoms with van der Waals surface area (Å²) < 4.78 is 4.85. The van der Waals surface area contributed by atoms with E-state index in [0.717, 1.165) is 12.8 Å². The van der Waals surface area contributed by atoms with Gasteiger partial charge in [-0.2, -0.15) is 0 Å². The highest BCUT2D eigenvalue weighted by Gasteiger charge is 2.18. The van der Waals surface area contributed by atoms with E-state index in [1.54, 1.807) is 6.92 Å². The number of nitrogens with two attached hydrogens (primary N) is 2. The zero-order valence-electron chi connectivity index (χ0n) is 10.3. The van der Waals surface area contributed by atoms with Gasteiger partial charge in [-0.05, 0) is 19.8 Å². The highest BCUT2D eigenvalue weighted by atomic mass is 16.5. The molecule has 1 saturated carbocycles. The van der Waals surface area contributed by atoms with Crippen molar-refractivity contribution < 1.29 is 9.53 Å². The first-order valence-corrected chi connectivity index (χ1v) is 6.09. The Kier molecular flexibility index (Phi) is 5.62. The molecule has 1 aliphatic rings. The van der Waals surface area contributed by atoms with Crippen molar-refractivity contribution >= 4 is 5.97 Å². The van der Waals surface area contributed by atoms with E-state index in [-0.39, 0.29) is 11.5 Å². The summed E-state index contributed by atoms with van der Waals surface area (Å²) in [6, 6.07) is 0.321. The molecular weight excluding hydrogens is 220 g/mol. The molecule has 17 heavy (non-hydrogen) atoms. The summed E-state index contributed by atoms with van der Waals surface area (Å²) in [5, 5.41) is 3.12. The fourth-order valence-electron chi connectivity index (χ4n) is 1.99. The second kappa shape index (κ2) is 7.01. The third-order valence-electron chi connectivity index (χ3n) is 2.86. The molecule has 0 spiro atoms. The zero-order valence-corrected chi connectivity index (χ0v) is 10.3. The average molecular weight is 242 g/mol. The number of hydrogen-bond acceptors (Lipinski definition) is 6. The number of carbonyl (C=O) groups is 1. The summed E-state index contributed by atoms with van der Waals surface area (Å²) in [5.74, 6) is 5.01. The van der Waals surface area contributed by atoms with Crippen LogP contribution < -0.4 is 22.3 Å². The second-order valence-electron chi connectivity index (χ2n) is 4.13. The van der Waals surface area contributed by atoms with Crippen LogP contribution in [0, 0.1) is 0 Å². The molecule has 6 heteroatoms. The van der Waals surface area contributed by atoms with Crippen LogP contribution in [0.5, 0.6) is 0 Å². The monoisotopic (exact) mass is 242 g/mol. The average Bonchev–Trinajstić information content (AvgIpc) is 2.31. The molecular formula is C11H22N4O2. The Morgan fingerprint density at radius 1 is 1.35 bits per heavy atom. The van der Waals surface area contributed by atoms with Gasteiger partial charge in [-0.1, -0.05) is 19.3 Å². The molecule has 0 aromatic heterocycles. The van der Waals surface area contributed by atoms with Crippen LogP contribution in [0.3, 0.4) is 0 Å². The minimum absolute atomic E-state index is 0.0948. The number of carbonyl (C=O) groups excluding carboxylic acids is 1. The van der Waals surface area contributed by atoms with E-state index in [4.69, 9.17) is 16.3 Å². The fraction of sp³-hybridized carbons (Fsp3) is 0.727. The number of nitrogens with one attached hydrogen (secondary N) is 2. The zero-order chi connectivity index (χ0) is 12.7. The highest BCUT2D eigenvalue weighted by Crippen LogP contribution is 2.18. The molecule has 0 aromatic carbocycles. The van der Waals surface area contributed by atoms with Gasteiger partial charge in [0.2, 0.25) is 0 Å². The van der Waals surface area contributed by atoms with E-state index in [2.05, 4.69) is 10.7 Å². The van der Waals surface area contributed by atoms with Crippen molar-refractivity contribution in [1.29, 1.82) is 0 Å². The lowest BCUT2D eigenvalue weighted by atomic mass is 9.95. The summed E-state index contributed by atoms with van der Waals surface area (Å²) >= 11 is 0. The Bertz CT molecular complexity index is 285. The van der Waals surface area contributed by atoms with E-state index in [0.29, 0.717) is 12.6 Å². The maximum atomic E-state index is 11.5. The number of esters is 1. The van der Waals surface area contributed by atoms with Crippen LogP contribution in [0.4, 0.5) is 0 Å². The topological polar surface area (TPSA) is 102 Å². The van der Waals surface area contributed by atoms with Crippen molar-refractivity contribution in [2.24, 2.45) is 11.6 Å². The molecule has 0 aromatic rings. The predicted molar refractivity (Wildman–Crippen MR) is 65.2 cm³/mol. The van der Waals surface area contributed by atoms with Crippen LogP contribution in [0.2, 0.25) is 0 Å². The molecule has 1 aliphatic carbocycles. The molecule has 6 nitrogen and oxygen atoms in total. The Morgan fingerprint density at radius 3 is 2.53 bits per heavy atom. The van der Waals surface area contributed by atoms with Gasteiger partial charge in [0.1, 0.15) is 5.82 Å². The summed E-state index contributed by atoms with van der Waals surface area (Å²) in [4.78, 5) is 11.5. The Hall–Kier alpha value is -1.43.